The highest BCUT2D eigenvalue weighted by molar-refractivity contribution is 5.82. The molecule has 1 unspecified atom stereocenters. The maximum Gasteiger partial charge on any atom is 0.417 e. The van der Waals surface area contributed by atoms with E-state index in [1.165, 1.54) is 13.5 Å². The molecular formula is C32H36F3N3O2. The Labute approximate surface area is 233 Å². The first-order chi connectivity index (χ1) is 19.0. The number of nitrogens with one attached hydrogen (secondary N) is 1. The van der Waals surface area contributed by atoms with Gasteiger partial charge in [-0.15, -0.1) is 0 Å². The number of piperidine rings is 1. The third kappa shape index (κ3) is 5.68. The van der Waals surface area contributed by atoms with Gasteiger partial charge in [0, 0.05) is 36.2 Å². The first kappa shape index (κ1) is 28.0. The van der Waals surface area contributed by atoms with Gasteiger partial charge in [-0.25, -0.2) is 4.98 Å². The number of methoxy groups -OCH3 is 1. The molecule has 212 valence electrons. The Bertz CT molecular complexity index is 1460. The molecule has 0 spiro atoms. The Morgan fingerprint density at radius 3 is 2.35 bits per heavy atom. The molecule has 4 aromatic rings. The van der Waals surface area contributed by atoms with Crippen LogP contribution in [0.4, 0.5) is 19.0 Å². The Hall–Kier alpha value is -3.52. The van der Waals surface area contributed by atoms with E-state index >= 15 is 0 Å². The fourth-order valence-electron chi connectivity index (χ4n) is 5.92. The van der Waals surface area contributed by atoms with Crippen molar-refractivity contribution in [3.05, 3.63) is 78.1 Å². The number of aromatic nitrogens is 2. The van der Waals surface area contributed by atoms with Gasteiger partial charge in [-0.2, -0.15) is 13.2 Å². The van der Waals surface area contributed by atoms with Crippen molar-refractivity contribution >= 4 is 16.7 Å². The summed E-state index contributed by atoms with van der Waals surface area (Å²) in [5.74, 6) is 1.31. The number of anilines is 1. The van der Waals surface area contributed by atoms with Crippen molar-refractivity contribution in [1.29, 1.82) is 0 Å². The summed E-state index contributed by atoms with van der Waals surface area (Å²) in [4.78, 5) is 9.81. The van der Waals surface area contributed by atoms with E-state index in [0.29, 0.717) is 22.5 Å². The van der Waals surface area contributed by atoms with E-state index in [0.717, 1.165) is 48.3 Å². The maximum absolute atomic E-state index is 14.6. The Morgan fingerprint density at radius 1 is 0.950 bits per heavy atom. The molecule has 40 heavy (non-hydrogen) atoms. The Kier molecular flexibility index (Phi) is 7.57. The van der Waals surface area contributed by atoms with Crippen LogP contribution in [0, 0.1) is 0 Å². The highest BCUT2D eigenvalue weighted by Gasteiger charge is 2.56. The second-order valence-electron chi connectivity index (χ2n) is 11.5. The predicted molar refractivity (Wildman–Crippen MR) is 153 cm³/mol. The van der Waals surface area contributed by atoms with Crippen LogP contribution in [0.5, 0.6) is 5.75 Å². The molecule has 0 radical (unpaired) electrons. The molecule has 0 amide bonds. The molecule has 1 aliphatic rings. The first-order valence-corrected chi connectivity index (χ1v) is 13.7. The van der Waals surface area contributed by atoms with Crippen molar-refractivity contribution in [2.75, 3.05) is 25.1 Å². The Morgan fingerprint density at radius 2 is 1.68 bits per heavy atom. The number of H-pyrrole nitrogens is 1. The predicted octanol–water partition coefficient (Wildman–Crippen LogP) is 7.43. The number of nitrogens with zero attached hydrogens (tertiary/aromatic N) is 2. The quantitative estimate of drug-likeness (QED) is 0.239. The van der Waals surface area contributed by atoms with Crippen molar-refractivity contribution in [2.45, 2.75) is 63.1 Å². The fraction of sp³-hybridized carbons (Fsp3) is 0.406. The van der Waals surface area contributed by atoms with E-state index in [2.05, 4.69) is 14.9 Å². The number of hydrogen-bond acceptors (Lipinski definition) is 4. The lowest BCUT2D eigenvalue weighted by molar-refractivity contribution is -0.266. The molecule has 1 saturated heterocycles. The Balaban J connectivity index is 1.45. The van der Waals surface area contributed by atoms with Crippen molar-refractivity contribution < 1.29 is 23.0 Å². The summed E-state index contributed by atoms with van der Waals surface area (Å²) in [7, 11) is 1.50. The van der Waals surface area contributed by atoms with Gasteiger partial charge in [-0.05, 0) is 66.5 Å². The summed E-state index contributed by atoms with van der Waals surface area (Å²) in [6.45, 7) is 5.29. The molecule has 2 aromatic heterocycles. The summed E-state index contributed by atoms with van der Waals surface area (Å²) < 4.78 is 49.4. The van der Waals surface area contributed by atoms with Crippen LogP contribution in [0.15, 0.2) is 66.9 Å². The highest BCUT2D eigenvalue weighted by Crippen LogP contribution is 2.46. The zero-order valence-corrected chi connectivity index (χ0v) is 23.2. The molecule has 0 aliphatic carbocycles. The van der Waals surface area contributed by atoms with E-state index in [9.17, 15) is 18.3 Å². The maximum atomic E-state index is 14.6. The average molecular weight is 552 g/mol. The lowest BCUT2D eigenvalue weighted by Crippen LogP contribution is -2.51. The van der Waals surface area contributed by atoms with E-state index in [1.807, 2.05) is 48.5 Å². The molecular weight excluding hydrogens is 515 g/mol. The number of rotatable bonds is 8. The number of aromatic amines is 1. The van der Waals surface area contributed by atoms with Crippen molar-refractivity contribution in [3.63, 3.8) is 0 Å². The SMILES string of the molecule is COc1ccc(-c2ccccc2)cc1C(C)(C)CC(O)(Cc1cc2cc(N3CCCCC3)ncc2[nH]1)C(F)(F)F. The number of fused-ring (bicyclic) bond motifs is 1. The zero-order valence-electron chi connectivity index (χ0n) is 23.2. The van der Waals surface area contributed by atoms with Gasteiger partial charge in [-0.1, -0.05) is 50.2 Å². The molecule has 3 heterocycles. The van der Waals surface area contributed by atoms with Crippen molar-refractivity contribution in [2.24, 2.45) is 0 Å². The topological polar surface area (TPSA) is 61.4 Å². The molecule has 1 fully saturated rings. The van der Waals surface area contributed by atoms with Gasteiger partial charge in [0.2, 0.25) is 0 Å². The summed E-state index contributed by atoms with van der Waals surface area (Å²) in [5, 5.41) is 12.1. The third-order valence-electron chi connectivity index (χ3n) is 8.01. The lowest BCUT2D eigenvalue weighted by Gasteiger charge is -2.38. The van der Waals surface area contributed by atoms with Crippen LogP contribution >= 0.6 is 0 Å². The number of pyridine rings is 1. The lowest BCUT2D eigenvalue weighted by atomic mass is 9.72. The van der Waals surface area contributed by atoms with Gasteiger partial charge < -0.3 is 19.7 Å². The minimum Gasteiger partial charge on any atom is -0.496 e. The van der Waals surface area contributed by atoms with Gasteiger partial charge in [0.25, 0.3) is 0 Å². The number of alkyl halides is 3. The summed E-state index contributed by atoms with van der Waals surface area (Å²) >= 11 is 0. The fourth-order valence-corrected chi connectivity index (χ4v) is 5.92. The molecule has 2 aromatic carbocycles. The number of ether oxygens (including phenoxy) is 1. The molecule has 1 atom stereocenters. The molecule has 2 N–H and O–H groups in total. The van der Waals surface area contributed by atoms with E-state index < -0.39 is 30.0 Å². The second-order valence-corrected chi connectivity index (χ2v) is 11.5. The van der Waals surface area contributed by atoms with Crippen molar-refractivity contribution in [3.8, 4) is 16.9 Å². The summed E-state index contributed by atoms with van der Waals surface area (Å²) in [5.41, 5.74) is -0.670. The van der Waals surface area contributed by atoms with Gasteiger partial charge in [0.05, 0.1) is 18.8 Å². The number of halogens is 3. The number of hydrogen-bond donors (Lipinski definition) is 2. The van der Waals surface area contributed by atoms with Crippen molar-refractivity contribution in [1.82, 2.24) is 9.97 Å². The van der Waals surface area contributed by atoms with Crippen LogP contribution in [0.25, 0.3) is 22.0 Å². The van der Waals surface area contributed by atoms with E-state index in [4.69, 9.17) is 4.74 Å². The highest BCUT2D eigenvalue weighted by atomic mass is 19.4. The largest absolute Gasteiger partial charge is 0.496 e. The van der Waals surface area contributed by atoms with Crippen LogP contribution in [-0.2, 0) is 11.8 Å². The second kappa shape index (κ2) is 10.8. The van der Waals surface area contributed by atoms with Crippen LogP contribution in [0.2, 0.25) is 0 Å². The number of benzene rings is 2. The van der Waals surface area contributed by atoms with Gasteiger partial charge in [0.1, 0.15) is 11.6 Å². The third-order valence-corrected chi connectivity index (χ3v) is 8.01. The summed E-state index contributed by atoms with van der Waals surface area (Å²) in [6, 6.07) is 18.8. The van der Waals surface area contributed by atoms with Gasteiger partial charge in [-0.3, -0.25) is 0 Å². The molecule has 8 heteroatoms. The standard InChI is InChI=1S/C32H36F3N3O2/c1-30(2,26-17-23(12-13-28(26)40-3)22-10-6-4-7-11-22)21-31(39,32(33,34)35)19-25-16-24-18-29(36-20-27(24)37-25)38-14-8-5-9-15-38/h4,6-7,10-13,16-18,20,37,39H,5,8-9,14-15,19,21H2,1-3H3. The number of aliphatic hydroxyl groups is 1. The average Bonchev–Trinajstić information content (AvgIpc) is 3.34. The summed E-state index contributed by atoms with van der Waals surface area (Å²) in [6.07, 6.45) is -0.944. The minimum absolute atomic E-state index is 0.313. The molecule has 5 rings (SSSR count). The molecule has 5 nitrogen and oxygen atoms in total. The zero-order chi connectivity index (χ0) is 28.5. The van der Waals surface area contributed by atoms with E-state index in [1.54, 1.807) is 32.2 Å². The van der Waals surface area contributed by atoms with Crippen LogP contribution in [0.3, 0.4) is 0 Å². The molecule has 1 aliphatic heterocycles. The van der Waals surface area contributed by atoms with Crippen LogP contribution < -0.4 is 9.64 Å². The van der Waals surface area contributed by atoms with Gasteiger partial charge >= 0.3 is 6.18 Å². The molecule has 0 saturated carbocycles. The normalized spacial score (nSPS) is 16.2. The van der Waals surface area contributed by atoms with E-state index in [-0.39, 0.29) is 0 Å². The molecule has 0 bridgehead atoms. The smallest absolute Gasteiger partial charge is 0.417 e. The first-order valence-electron chi connectivity index (χ1n) is 13.7. The monoisotopic (exact) mass is 551 g/mol. The van der Waals surface area contributed by atoms with Crippen LogP contribution in [-0.4, -0.2) is 47.1 Å². The minimum atomic E-state index is -4.86. The van der Waals surface area contributed by atoms with Crippen LogP contribution in [0.1, 0.15) is 50.8 Å². The van der Waals surface area contributed by atoms with Gasteiger partial charge in [0.15, 0.2) is 5.60 Å².